The highest BCUT2D eigenvalue weighted by Gasteiger charge is 2.19. The quantitative estimate of drug-likeness (QED) is 0.0345. The molecule has 0 bridgehead atoms. The first-order chi connectivity index (χ1) is 29.3. The lowest BCUT2D eigenvalue weighted by molar-refractivity contribution is -0.167. The van der Waals surface area contributed by atoms with Crippen LogP contribution in [0.2, 0.25) is 0 Å². The number of carbonyl (C=O) groups excluding carboxylic acids is 3. The fourth-order valence-electron chi connectivity index (χ4n) is 8.13. The molecule has 0 amide bonds. The molecule has 0 radical (unpaired) electrons. The van der Waals surface area contributed by atoms with Crippen LogP contribution in [0, 0.1) is 11.8 Å². The van der Waals surface area contributed by atoms with Gasteiger partial charge < -0.3 is 14.2 Å². The van der Waals surface area contributed by atoms with Gasteiger partial charge >= 0.3 is 17.9 Å². The van der Waals surface area contributed by atoms with E-state index in [2.05, 4.69) is 34.6 Å². The number of hydrogen-bond donors (Lipinski definition) is 0. The Kier molecular flexibility index (Phi) is 45.7. The van der Waals surface area contributed by atoms with Crippen molar-refractivity contribution in [1.29, 1.82) is 0 Å². The molecule has 1 unspecified atom stereocenters. The second-order valence-electron chi connectivity index (χ2n) is 19.2. The Bertz CT molecular complexity index is 918. The van der Waals surface area contributed by atoms with Crippen molar-refractivity contribution in [1.82, 2.24) is 0 Å². The lowest BCUT2D eigenvalue weighted by atomic mass is 9.99. The highest BCUT2D eigenvalue weighted by molar-refractivity contribution is 5.71. The van der Waals surface area contributed by atoms with Crippen molar-refractivity contribution in [2.45, 2.75) is 304 Å². The van der Waals surface area contributed by atoms with Crippen LogP contribution in [0.15, 0.2) is 0 Å². The number of esters is 3. The molecule has 0 saturated carbocycles. The normalized spacial score (nSPS) is 12.5. The van der Waals surface area contributed by atoms with Crippen molar-refractivity contribution in [2.75, 3.05) is 13.2 Å². The van der Waals surface area contributed by atoms with Gasteiger partial charge in [-0.2, -0.15) is 0 Å². The summed E-state index contributed by atoms with van der Waals surface area (Å²) in [4.78, 5) is 37.7. The average Bonchev–Trinajstić information content (AvgIpc) is 3.23. The smallest absolute Gasteiger partial charge is 0.306 e. The first-order valence-electron chi connectivity index (χ1n) is 26.8. The molecular formula is C54H104O6. The van der Waals surface area contributed by atoms with E-state index in [1.165, 1.54) is 180 Å². The van der Waals surface area contributed by atoms with E-state index in [0.29, 0.717) is 19.3 Å². The maximum Gasteiger partial charge on any atom is 0.306 e. The summed E-state index contributed by atoms with van der Waals surface area (Å²) in [5.74, 6) is 0.888. The van der Waals surface area contributed by atoms with Crippen LogP contribution in [-0.2, 0) is 28.6 Å². The van der Waals surface area contributed by atoms with Gasteiger partial charge in [-0.15, -0.1) is 0 Å². The summed E-state index contributed by atoms with van der Waals surface area (Å²) in [6, 6.07) is 0. The predicted octanol–water partition coefficient (Wildman–Crippen LogP) is 17.3. The van der Waals surface area contributed by atoms with E-state index in [1.54, 1.807) is 0 Å². The third-order valence-electron chi connectivity index (χ3n) is 12.6. The second kappa shape index (κ2) is 46.9. The number of hydrogen-bond acceptors (Lipinski definition) is 6. The molecule has 6 nitrogen and oxygen atoms in total. The van der Waals surface area contributed by atoms with E-state index < -0.39 is 6.10 Å². The maximum absolute atomic E-state index is 12.7. The van der Waals surface area contributed by atoms with Crippen LogP contribution in [-0.4, -0.2) is 37.2 Å². The summed E-state index contributed by atoms with van der Waals surface area (Å²) >= 11 is 0. The highest BCUT2D eigenvalue weighted by Crippen LogP contribution is 2.18. The minimum atomic E-state index is -0.760. The van der Waals surface area contributed by atoms with Crippen LogP contribution in [0.25, 0.3) is 0 Å². The molecule has 0 fully saturated rings. The van der Waals surface area contributed by atoms with Crippen LogP contribution in [0.3, 0.4) is 0 Å². The molecule has 0 aromatic heterocycles. The van der Waals surface area contributed by atoms with Gasteiger partial charge in [0.05, 0.1) is 0 Å². The van der Waals surface area contributed by atoms with Gasteiger partial charge in [0.15, 0.2) is 6.10 Å². The summed E-state index contributed by atoms with van der Waals surface area (Å²) in [7, 11) is 0. The fourth-order valence-corrected chi connectivity index (χ4v) is 8.13. The molecule has 356 valence electrons. The van der Waals surface area contributed by atoms with Gasteiger partial charge in [-0.05, 0) is 31.1 Å². The van der Waals surface area contributed by atoms with Crippen molar-refractivity contribution < 1.29 is 28.6 Å². The van der Waals surface area contributed by atoms with E-state index in [0.717, 1.165) is 76.0 Å². The first kappa shape index (κ1) is 58.4. The molecule has 2 atom stereocenters. The molecule has 0 rings (SSSR count). The molecule has 0 saturated heterocycles. The van der Waals surface area contributed by atoms with Gasteiger partial charge in [0.25, 0.3) is 0 Å². The Balaban J connectivity index is 4.09. The zero-order valence-electron chi connectivity index (χ0n) is 41.1. The summed E-state index contributed by atoms with van der Waals surface area (Å²) in [6.07, 6.45) is 48.3. The fraction of sp³-hybridized carbons (Fsp3) is 0.944. The maximum atomic E-state index is 12.7. The monoisotopic (exact) mass is 849 g/mol. The van der Waals surface area contributed by atoms with Gasteiger partial charge in [0, 0.05) is 19.3 Å². The summed E-state index contributed by atoms with van der Waals surface area (Å²) in [5.41, 5.74) is 0. The molecule has 0 aliphatic heterocycles. The van der Waals surface area contributed by atoms with Crippen LogP contribution in [0.1, 0.15) is 298 Å². The van der Waals surface area contributed by atoms with Crippen LogP contribution in [0.4, 0.5) is 0 Å². The Morgan fingerprint density at radius 2 is 0.633 bits per heavy atom. The topological polar surface area (TPSA) is 78.9 Å². The van der Waals surface area contributed by atoms with Crippen molar-refractivity contribution >= 4 is 17.9 Å². The summed E-state index contributed by atoms with van der Waals surface area (Å²) in [6.45, 7) is 11.4. The SMILES string of the molecule is CCCCCCCC(=O)OC[C@H](COC(=O)CCCCCCCCCCCCCCCCC(C)CC)OC(=O)CCCCCCCCCCCCCCCCCCC(C)C. The van der Waals surface area contributed by atoms with E-state index in [9.17, 15) is 14.4 Å². The molecule has 0 heterocycles. The van der Waals surface area contributed by atoms with E-state index in [1.807, 2.05) is 0 Å². The van der Waals surface area contributed by atoms with E-state index in [-0.39, 0.29) is 31.1 Å². The second-order valence-corrected chi connectivity index (χ2v) is 19.2. The average molecular weight is 849 g/mol. The summed E-state index contributed by atoms with van der Waals surface area (Å²) < 4.78 is 16.7. The first-order valence-corrected chi connectivity index (χ1v) is 26.8. The highest BCUT2D eigenvalue weighted by atomic mass is 16.6. The van der Waals surface area contributed by atoms with Crippen LogP contribution < -0.4 is 0 Å². The van der Waals surface area contributed by atoms with Crippen LogP contribution >= 0.6 is 0 Å². The predicted molar refractivity (Wildman–Crippen MR) is 256 cm³/mol. The Labute approximate surface area is 374 Å². The van der Waals surface area contributed by atoms with Crippen molar-refractivity contribution in [3.8, 4) is 0 Å². The third-order valence-corrected chi connectivity index (χ3v) is 12.6. The molecule has 6 heteroatoms. The number of unbranched alkanes of at least 4 members (excludes halogenated alkanes) is 32. The van der Waals surface area contributed by atoms with E-state index in [4.69, 9.17) is 14.2 Å². The Hall–Kier alpha value is -1.59. The van der Waals surface area contributed by atoms with Gasteiger partial charge in [0.1, 0.15) is 13.2 Å². The van der Waals surface area contributed by atoms with Crippen LogP contribution in [0.5, 0.6) is 0 Å². The molecular weight excluding hydrogens is 745 g/mol. The van der Waals surface area contributed by atoms with E-state index >= 15 is 0 Å². The lowest BCUT2D eigenvalue weighted by Crippen LogP contribution is -2.30. The standard InChI is InChI=1S/C54H104O6/c1-6-8-9-32-39-44-52(55)58-47-51(48-59-53(56)45-40-35-30-26-22-18-15-14-17-21-25-29-34-38-43-50(5)7-2)60-54(57)46-41-36-31-27-23-19-13-11-10-12-16-20-24-28-33-37-42-49(3)4/h49-51H,6-48H2,1-5H3/t50?,51-/m1/s1. The molecule has 0 N–H and O–H groups in total. The zero-order chi connectivity index (χ0) is 44.0. The molecule has 0 aromatic rings. The molecule has 0 aromatic carbocycles. The van der Waals surface area contributed by atoms with Crippen molar-refractivity contribution in [2.24, 2.45) is 11.8 Å². The number of carbonyl (C=O) groups is 3. The Morgan fingerprint density at radius 3 is 0.950 bits per heavy atom. The lowest BCUT2D eigenvalue weighted by Gasteiger charge is -2.18. The van der Waals surface area contributed by atoms with Gasteiger partial charge in [-0.3, -0.25) is 14.4 Å². The molecule has 60 heavy (non-hydrogen) atoms. The number of rotatable bonds is 48. The van der Waals surface area contributed by atoms with Gasteiger partial charge in [-0.25, -0.2) is 0 Å². The minimum Gasteiger partial charge on any atom is -0.462 e. The largest absolute Gasteiger partial charge is 0.462 e. The molecule has 0 aliphatic rings. The van der Waals surface area contributed by atoms with Gasteiger partial charge in [0.2, 0.25) is 0 Å². The molecule has 0 spiro atoms. The third kappa shape index (κ3) is 45.9. The minimum absolute atomic E-state index is 0.0643. The number of ether oxygens (including phenoxy) is 3. The van der Waals surface area contributed by atoms with Crippen molar-refractivity contribution in [3.05, 3.63) is 0 Å². The summed E-state index contributed by atoms with van der Waals surface area (Å²) in [5, 5.41) is 0. The van der Waals surface area contributed by atoms with Crippen molar-refractivity contribution in [3.63, 3.8) is 0 Å². The van der Waals surface area contributed by atoms with Gasteiger partial charge in [-0.1, -0.05) is 259 Å². The molecule has 0 aliphatic carbocycles. The Morgan fingerprint density at radius 1 is 0.350 bits per heavy atom. The zero-order valence-corrected chi connectivity index (χ0v) is 41.1.